The molecule has 0 bridgehead atoms. The van der Waals surface area contributed by atoms with Crippen LogP contribution in [-0.2, 0) is 0 Å². The third kappa shape index (κ3) is 5.53. The Hall–Kier alpha value is -1.65. The molecule has 17 heteroatoms. The van der Waals surface area contributed by atoms with E-state index in [1.807, 2.05) is 0 Å². The van der Waals surface area contributed by atoms with Crippen molar-refractivity contribution in [3.8, 4) is 12.1 Å². The van der Waals surface area contributed by atoms with E-state index < -0.39 is 77.6 Å². The second-order valence-electron chi connectivity index (χ2n) is 5.81. The van der Waals surface area contributed by atoms with Crippen molar-refractivity contribution < 1.29 is 61.5 Å². The number of halogens is 14. The summed E-state index contributed by atoms with van der Waals surface area (Å²) in [4.78, 5) is 0. The Balaban J connectivity index is 5.86. The number of hydrogen-bond acceptors (Lipinski definition) is 3. The normalized spacial score (nSPS) is 14.9. The van der Waals surface area contributed by atoms with Crippen molar-refractivity contribution >= 4 is 11.8 Å². The molecule has 30 heavy (non-hydrogen) atoms. The largest absolute Gasteiger partial charge is 0.460 e. The zero-order valence-corrected chi connectivity index (χ0v) is 14.7. The van der Waals surface area contributed by atoms with Crippen LogP contribution in [-0.4, -0.2) is 41.1 Å². The summed E-state index contributed by atoms with van der Waals surface area (Å²) >= 11 is -0.770. The quantitative estimate of drug-likeness (QED) is 0.272. The van der Waals surface area contributed by atoms with E-state index in [-0.39, 0.29) is 0 Å². The van der Waals surface area contributed by atoms with Crippen LogP contribution in [0.25, 0.3) is 0 Å². The third-order valence-electron chi connectivity index (χ3n) is 3.57. The molecule has 0 unspecified atom stereocenters. The van der Waals surface area contributed by atoms with Gasteiger partial charge in [0, 0.05) is 12.2 Å². The topological polar surface area (TPSA) is 47.6 Å². The minimum absolute atomic E-state index is 0.692. The van der Waals surface area contributed by atoms with Crippen molar-refractivity contribution in [1.29, 1.82) is 10.5 Å². The van der Waals surface area contributed by atoms with Crippen molar-refractivity contribution in [1.82, 2.24) is 0 Å². The maximum atomic E-state index is 13.8. The van der Waals surface area contributed by atoms with Crippen molar-refractivity contribution in [2.24, 2.45) is 5.41 Å². The molecule has 0 atom stereocenters. The van der Waals surface area contributed by atoms with Crippen LogP contribution in [0.4, 0.5) is 61.5 Å². The van der Waals surface area contributed by atoms with E-state index >= 15 is 0 Å². The van der Waals surface area contributed by atoms with Crippen molar-refractivity contribution in [2.45, 2.75) is 54.6 Å². The van der Waals surface area contributed by atoms with Crippen LogP contribution in [0.2, 0.25) is 0 Å². The highest BCUT2D eigenvalue weighted by Crippen LogP contribution is 2.59. The predicted octanol–water partition coefficient (Wildman–Crippen LogP) is 6.55. The van der Waals surface area contributed by atoms with E-state index in [4.69, 9.17) is 10.5 Å². The molecule has 0 aromatic carbocycles. The third-order valence-corrected chi connectivity index (χ3v) is 4.39. The molecular weight excluding hydrogens is 482 g/mol. The van der Waals surface area contributed by atoms with Gasteiger partial charge in [-0.2, -0.15) is 72.0 Å². The van der Waals surface area contributed by atoms with Crippen LogP contribution in [0.1, 0.15) is 19.3 Å². The van der Waals surface area contributed by atoms with Gasteiger partial charge < -0.3 is 0 Å². The molecule has 0 rings (SSSR count). The zero-order valence-electron chi connectivity index (χ0n) is 13.9. The van der Waals surface area contributed by atoms with Crippen LogP contribution in [0, 0.1) is 28.1 Å². The predicted molar refractivity (Wildman–Crippen MR) is 71.9 cm³/mol. The van der Waals surface area contributed by atoms with Crippen LogP contribution in [0.5, 0.6) is 0 Å². The molecule has 2 nitrogen and oxygen atoms in total. The molecule has 174 valence electrons. The van der Waals surface area contributed by atoms with Gasteiger partial charge in [-0.05, 0) is 12.8 Å². The zero-order chi connectivity index (χ0) is 24.4. The van der Waals surface area contributed by atoms with Gasteiger partial charge in [0.25, 0.3) is 0 Å². The highest BCUT2D eigenvalue weighted by Gasteiger charge is 2.87. The van der Waals surface area contributed by atoms with Crippen LogP contribution in [0.3, 0.4) is 0 Å². The van der Waals surface area contributed by atoms with E-state index in [9.17, 15) is 61.5 Å². The standard InChI is InChI=1S/C13H8F14N2S/c14-8(15,9(16,17)10(18,19)11(20,21)12(22,23)24)4-7(5-28,6-29)2-1-3-30-13(25,26)27/h1-4H2. The average Bonchev–Trinajstić information content (AvgIpc) is 2.55. The minimum Gasteiger partial charge on any atom is -0.200 e. The highest BCUT2D eigenvalue weighted by atomic mass is 32.2. The summed E-state index contributed by atoms with van der Waals surface area (Å²) in [6.45, 7) is 0. The lowest BCUT2D eigenvalue weighted by Gasteiger charge is -2.38. The first kappa shape index (κ1) is 28.3. The van der Waals surface area contributed by atoms with Crippen molar-refractivity contribution in [3.05, 3.63) is 0 Å². The van der Waals surface area contributed by atoms with E-state index in [0.29, 0.717) is 12.1 Å². The Bertz CT molecular complexity index is 668. The lowest BCUT2D eigenvalue weighted by Crippen LogP contribution is -2.66. The number of nitriles is 2. The van der Waals surface area contributed by atoms with E-state index in [0.717, 1.165) is 0 Å². The van der Waals surface area contributed by atoms with E-state index in [2.05, 4.69) is 0 Å². The van der Waals surface area contributed by atoms with Gasteiger partial charge in [-0.15, -0.1) is 0 Å². The summed E-state index contributed by atoms with van der Waals surface area (Å²) in [6, 6.07) is 1.38. The van der Waals surface area contributed by atoms with Gasteiger partial charge in [0.15, 0.2) is 0 Å². The molecule has 0 heterocycles. The summed E-state index contributed by atoms with van der Waals surface area (Å²) in [5.41, 5.74) is -8.23. The molecule has 0 amide bonds. The van der Waals surface area contributed by atoms with Crippen molar-refractivity contribution in [3.63, 3.8) is 0 Å². The summed E-state index contributed by atoms with van der Waals surface area (Å²) in [7, 11) is 0. The molecule has 0 saturated heterocycles. The molecule has 0 saturated carbocycles. The Morgan fingerprint density at radius 1 is 0.633 bits per heavy atom. The molecule has 0 aliphatic rings. The Labute approximate surface area is 162 Å². The molecule has 0 spiro atoms. The molecule has 0 fully saturated rings. The Morgan fingerprint density at radius 3 is 1.40 bits per heavy atom. The fourth-order valence-electron chi connectivity index (χ4n) is 1.96. The maximum Gasteiger partial charge on any atom is 0.460 e. The molecule has 0 aliphatic heterocycles. The molecule has 0 aromatic heterocycles. The van der Waals surface area contributed by atoms with Gasteiger partial charge in [-0.25, -0.2) is 0 Å². The van der Waals surface area contributed by atoms with Gasteiger partial charge in [0.2, 0.25) is 0 Å². The first-order valence-corrected chi connectivity index (χ1v) is 8.13. The van der Waals surface area contributed by atoms with E-state index in [1.54, 1.807) is 0 Å². The van der Waals surface area contributed by atoms with Gasteiger partial charge >= 0.3 is 35.4 Å². The number of hydrogen-bond donors (Lipinski definition) is 0. The van der Waals surface area contributed by atoms with Gasteiger partial charge in [0.1, 0.15) is 5.41 Å². The molecule has 0 aliphatic carbocycles. The van der Waals surface area contributed by atoms with Crippen LogP contribution in [0.15, 0.2) is 0 Å². The summed E-state index contributed by atoms with van der Waals surface area (Å²) in [5, 5.41) is 17.5. The summed E-state index contributed by atoms with van der Waals surface area (Å²) < 4.78 is 178. The molecule has 0 radical (unpaired) electrons. The SMILES string of the molecule is N#CC(C#N)(CCCSC(F)(F)F)CC(F)(F)C(F)(F)C(F)(F)C(F)(F)C(F)(F)F. The fraction of sp³-hybridized carbons (Fsp3) is 0.846. The smallest absolute Gasteiger partial charge is 0.200 e. The number of rotatable bonds is 9. The average molecular weight is 490 g/mol. The van der Waals surface area contributed by atoms with Gasteiger partial charge in [0.05, 0.1) is 12.1 Å². The highest BCUT2D eigenvalue weighted by molar-refractivity contribution is 8.00. The lowest BCUT2D eigenvalue weighted by molar-refractivity contribution is -0.423. The molecular formula is C13H8F14N2S. The minimum atomic E-state index is -7.70. The fourth-order valence-corrected chi connectivity index (χ4v) is 2.48. The Morgan fingerprint density at radius 2 is 1.07 bits per heavy atom. The second kappa shape index (κ2) is 8.47. The van der Waals surface area contributed by atoms with E-state index in [1.165, 1.54) is 0 Å². The monoisotopic (exact) mass is 490 g/mol. The first-order chi connectivity index (χ1) is 13.0. The van der Waals surface area contributed by atoms with Crippen LogP contribution < -0.4 is 0 Å². The summed E-state index contributed by atoms with van der Waals surface area (Å²) in [6.07, 6.45) is -12.6. The molecule has 0 N–H and O–H groups in total. The van der Waals surface area contributed by atoms with Crippen molar-refractivity contribution in [2.75, 3.05) is 5.75 Å². The van der Waals surface area contributed by atoms with Crippen LogP contribution >= 0.6 is 11.8 Å². The first-order valence-electron chi connectivity index (χ1n) is 7.15. The second-order valence-corrected chi connectivity index (χ2v) is 6.97. The number of nitrogens with zero attached hydrogens (tertiary/aromatic N) is 2. The summed E-state index contributed by atoms with van der Waals surface area (Å²) in [5.74, 6) is -30.2. The van der Waals surface area contributed by atoms with Gasteiger partial charge in [-0.3, -0.25) is 0 Å². The maximum absolute atomic E-state index is 13.8. The Kier molecular flexibility index (Phi) is 8.00. The molecule has 0 aromatic rings. The number of thioether (sulfide) groups is 1. The van der Waals surface area contributed by atoms with Gasteiger partial charge in [-0.1, -0.05) is 11.8 Å². The number of alkyl halides is 14. The lowest BCUT2D eigenvalue weighted by atomic mass is 9.78.